The Bertz CT molecular complexity index is 625. The second-order valence-corrected chi connectivity index (χ2v) is 3.65. The van der Waals surface area contributed by atoms with Crippen LogP contribution in [0.2, 0.25) is 0 Å². The van der Waals surface area contributed by atoms with E-state index in [1.165, 1.54) is 12.1 Å². The number of benzene rings is 1. The van der Waals surface area contributed by atoms with E-state index in [9.17, 15) is 18.0 Å². The molecule has 1 aromatic carbocycles. The van der Waals surface area contributed by atoms with Gasteiger partial charge >= 0.3 is 5.97 Å². The highest BCUT2D eigenvalue weighted by Crippen LogP contribution is 2.20. The molecule has 7 heteroatoms. The normalized spacial score (nSPS) is 10.5. The van der Waals surface area contributed by atoms with Gasteiger partial charge < -0.3 is 14.8 Å². The first-order valence-electron chi connectivity index (χ1n) is 5.18. The molecule has 4 nitrogen and oxygen atoms in total. The first-order chi connectivity index (χ1) is 8.99. The van der Waals surface area contributed by atoms with Crippen molar-refractivity contribution >= 4 is 11.7 Å². The maximum Gasteiger partial charge on any atom is 0.371 e. The highest BCUT2D eigenvalue weighted by Gasteiger charge is 2.14. The third-order valence-corrected chi connectivity index (χ3v) is 2.36. The van der Waals surface area contributed by atoms with E-state index < -0.39 is 23.4 Å². The average Bonchev–Trinajstić information content (AvgIpc) is 2.84. The van der Waals surface area contributed by atoms with Gasteiger partial charge in [0.25, 0.3) is 0 Å². The van der Waals surface area contributed by atoms with Crippen molar-refractivity contribution in [1.29, 1.82) is 0 Å². The van der Waals surface area contributed by atoms with Gasteiger partial charge in [0.2, 0.25) is 5.76 Å². The molecule has 0 radical (unpaired) electrons. The number of rotatable bonds is 4. The molecule has 1 aromatic heterocycles. The van der Waals surface area contributed by atoms with Gasteiger partial charge in [-0.3, -0.25) is 0 Å². The minimum absolute atomic E-state index is 0.0602. The minimum Gasteiger partial charge on any atom is -0.475 e. The number of nitrogens with one attached hydrogen (secondary N) is 1. The smallest absolute Gasteiger partial charge is 0.371 e. The van der Waals surface area contributed by atoms with Crippen molar-refractivity contribution in [2.24, 2.45) is 0 Å². The number of carboxylic acids is 1. The molecule has 0 unspecified atom stereocenters. The van der Waals surface area contributed by atoms with Crippen molar-refractivity contribution in [2.45, 2.75) is 6.54 Å². The van der Waals surface area contributed by atoms with Crippen LogP contribution in [0.1, 0.15) is 16.3 Å². The fourth-order valence-electron chi connectivity index (χ4n) is 1.43. The molecule has 0 atom stereocenters. The van der Waals surface area contributed by atoms with Crippen molar-refractivity contribution in [2.75, 3.05) is 5.32 Å². The number of hydrogen-bond acceptors (Lipinski definition) is 3. The molecule has 2 N–H and O–H groups in total. The molecule has 0 aliphatic carbocycles. The lowest BCUT2D eigenvalue weighted by atomic mass is 10.2. The lowest BCUT2D eigenvalue weighted by Gasteiger charge is -2.06. The molecule has 0 spiro atoms. The number of carboxylic acid groups (broad SMARTS) is 1. The van der Waals surface area contributed by atoms with Crippen LogP contribution >= 0.6 is 0 Å². The van der Waals surface area contributed by atoms with Gasteiger partial charge in [0.1, 0.15) is 5.76 Å². The van der Waals surface area contributed by atoms with Crippen LogP contribution in [0.3, 0.4) is 0 Å². The topological polar surface area (TPSA) is 62.5 Å². The number of carbonyl (C=O) groups is 1. The molecule has 1 heterocycles. The van der Waals surface area contributed by atoms with Crippen LogP contribution in [0.15, 0.2) is 28.7 Å². The SMILES string of the molecule is O=C(O)c1ccc(CNc2ccc(F)c(F)c2F)o1. The number of furan rings is 1. The Morgan fingerprint density at radius 1 is 1.16 bits per heavy atom. The lowest BCUT2D eigenvalue weighted by Crippen LogP contribution is -2.03. The molecule has 0 bridgehead atoms. The Morgan fingerprint density at radius 3 is 2.53 bits per heavy atom. The molecular formula is C12H8F3NO3. The van der Waals surface area contributed by atoms with Crippen molar-refractivity contribution in [3.8, 4) is 0 Å². The third kappa shape index (κ3) is 2.70. The first-order valence-corrected chi connectivity index (χ1v) is 5.18. The van der Waals surface area contributed by atoms with Crippen molar-refractivity contribution in [3.05, 3.63) is 53.2 Å². The van der Waals surface area contributed by atoms with Gasteiger partial charge in [0, 0.05) is 0 Å². The van der Waals surface area contributed by atoms with E-state index in [0.29, 0.717) is 0 Å². The maximum atomic E-state index is 13.3. The molecule has 0 saturated heterocycles. The number of hydrogen-bond donors (Lipinski definition) is 2. The predicted molar refractivity (Wildman–Crippen MR) is 59.3 cm³/mol. The van der Waals surface area contributed by atoms with Gasteiger partial charge in [0.05, 0.1) is 12.2 Å². The highest BCUT2D eigenvalue weighted by atomic mass is 19.2. The number of aromatic carboxylic acids is 1. The fourth-order valence-corrected chi connectivity index (χ4v) is 1.43. The van der Waals surface area contributed by atoms with Gasteiger partial charge in [-0.25, -0.2) is 18.0 Å². The van der Waals surface area contributed by atoms with Gasteiger partial charge in [-0.2, -0.15) is 0 Å². The Labute approximate surface area is 105 Å². The van der Waals surface area contributed by atoms with E-state index in [1.54, 1.807) is 0 Å². The quantitative estimate of drug-likeness (QED) is 0.839. The van der Waals surface area contributed by atoms with Crippen LogP contribution < -0.4 is 5.32 Å². The third-order valence-electron chi connectivity index (χ3n) is 2.36. The maximum absolute atomic E-state index is 13.3. The van der Waals surface area contributed by atoms with E-state index in [0.717, 1.165) is 12.1 Å². The van der Waals surface area contributed by atoms with E-state index >= 15 is 0 Å². The molecule has 0 fully saturated rings. The lowest BCUT2D eigenvalue weighted by molar-refractivity contribution is 0.0660. The zero-order valence-corrected chi connectivity index (χ0v) is 9.41. The van der Waals surface area contributed by atoms with E-state index in [2.05, 4.69) is 5.32 Å². The van der Waals surface area contributed by atoms with Crippen LogP contribution in [-0.4, -0.2) is 11.1 Å². The summed E-state index contributed by atoms with van der Waals surface area (Å²) in [6.07, 6.45) is 0. The Balaban J connectivity index is 2.10. The monoisotopic (exact) mass is 271 g/mol. The summed E-state index contributed by atoms with van der Waals surface area (Å²) < 4.78 is 43.8. The van der Waals surface area contributed by atoms with Gasteiger partial charge in [0.15, 0.2) is 17.5 Å². The summed E-state index contributed by atoms with van der Waals surface area (Å²) in [7, 11) is 0. The molecule has 0 amide bonds. The summed E-state index contributed by atoms with van der Waals surface area (Å²) in [5.74, 6) is -5.47. The van der Waals surface area contributed by atoms with Crippen LogP contribution in [-0.2, 0) is 6.54 Å². The summed E-state index contributed by atoms with van der Waals surface area (Å²) >= 11 is 0. The second-order valence-electron chi connectivity index (χ2n) is 3.65. The first kappa shape index (κ1) is 13.0. The molecule has 0 aliphatic rings. The Hall–Kier alpha value is -2.44. The summed E-state index contributed by atoms with van der Waals surface area (Å²) in [4.78, 5) is 10.6. The molecule has 100 valence electrons. The Morgan fingerprint density at radius 2 is 1.89 bits per heavy atom. The van der Waals surface area contributed by atoms with Crippen molar-refractivity contribution in [1.82, 2.24) is 0 Å². The summed E-state index contributed by atoms with van der Waals surface area (Å²) in [6, 6.07) is 4.44. The molecule has 2 aromatic rings. The second kappa shape index (κ2) is 5.05. The molecule has 19 heavy (non-hydrogen) atoms. The minimum atomic E-state index is -1.57. The molecule has 0 aliphatic heterocycles. The largest absolute Gasteiger partial charge is 0.475 e. The number of anilines is 1. The molecular weight excluding hydrogens is 263 g/mol. The van der Waals surface area contributed by atoms with Crippen LogP contribution in [0.25, 0.3) is 0 Å². The van der Waals surface area contributed by atoms with E-state index in [-0.39, 0.29) is 23.8 Å². The van der Waals surface area contributed by atoms with Crippen LogP contribution in [0.4, 0.5) is 18.9 Å². The average molecular weight is 271 g/mol. The molecule has 0 saturated carbocycles. The van der Waals surface area contributed by atoms with E-state index in [4.69, 9.17) is 9.52 Å². The zero-order valence-electron chi connectivity index (χ0n) is 9.41. The zero-order chi connectivity index (χ0) is 14.0. The summed E-state index contributed by atoms with van der Waals surface area (Å²) in [6.45, 7) is -0.0602. The van der Waals surface area contributed by atoms with Crippen LogP contribution in [0.5, 0.6) is 0 Å². The van der Waals surface area contributed by atoms with Crippen molar-refractivity contribution in [3.63, 3.8) is 0 Å². The fraction of sp³-hybridized carbons (Fsp3) is 0.0833. The molecule has 2 rings (SSSR count). The summed E-state index contributed by atoms with van der Waals surface area (Å²) in [5, 5.41) is 11.1. The predicted octanol–water partition coefficient (Wildman–Crippen LogP) is 3.01. The Kier molecular flexibility index (Phi) is 3.46. The number of halogens is 3. The van der Waals surface area contributed by atoms with E-state index in [1.807, 2.05) is 0 Å². The van der Waals surface area contributed by atoms with Gasteiger partial charge in [-0.15, -0.1) is 0 Å². The van der Waals surface area contributed by atoms with Crippen LogP contribution in [0, 0.1) is 17.5 Å². The van der Waals surface area contributed by atoms with Crippen molar-refractivity contribution < 1.29 is 27.5 Å². The van der Waals surface area contributed by atoms with Gasteiger partial charge in [-0.1, -0.05) is 0 Å². The highest BCUT2D eigenvalue weighted by molar-refractivity contribution is 5.84. The van der Waals surface area contributed by atoms with Gasteiger partial charge in [-0.05, 0) is 24.3 Å². The standard InChI is InChI=1S/C12H8F3NO3/c13-7-2-3-8(11(15)10(7)14)16-5-6-1-4-9(19-6)12(17)18/h1-4,16H,5H2,(H,17,18). The summed E-state index contributed by atoms with van der Waals surface area (Å²) in [5.41, 5.74) is -0.243.